The summed E-state index contributed by atoms with van der Waals surface area (Å²) in [6, 6.07) is 0. The molecule has 1 N–H and O–H groups in total. The molecule has 0 aromatic rings. The monoisotopic (exact) mass is 104 g/mol. The first kappa shape index (κ1) is 4.47. The van der Waals surface area contributed by atoms with Gasteiger partial charge in [0.2, 0.25) is 0 Å². The Labute approximate surface area is 41.5 Å². The van der Waals surface area contributed by atoms with E-state index in [1.165, 1.54) is 18.2 Å². The molecular weight excluding hydrogens is 94.1 g/mol. The largest absolute Gasteiger partial charge is 0.270 e. The van der Waals surface area contributed by atoms with Crippen molar-refractivity contribution in [2.24, 2.45) is 0 Å². The Bertz CT molecular complexity index is 40.8. The zero-order valence-corrected chi connectivity index (χ0v) is 4.85. The molecule has 0 spiro atoms. The highest BCUT2D eigenvalue weighted by Crippen LogP contribution is 1.92. The van der Waals surface area contributed by atoms with Crippen molar-refractivity contribution in [3.8, 4) is 0 Å². The summed E-state index contributed by atoms with van der Waals surface area (Å²) < 4.78 is 0. The Balaban J connectivity index is 2.18. The summed E-state index contributed by atoms with van der Waals surface area (Å²) in [6.45, 7) is 1.25. The topological polar surface area (TPSA) is 12.0 Å². The van der Waals surface area contributed by atoms with Crippen LogP contribution in [0.4, 0.5) is 0 Å². The fourth-order valence-corrected chi connectivity index (χ4v) is 1.69. The van der Waals surface area contributed by atoms with E-state index in [4.69, 9.17) is 0 Å². The van der Waals surface area contributed by atoms with Crippen LogP contribution in [0, 0.1) is 0 Å². The van der Waals surface area contributed by atoms with Crippen LogP contribution in [0.1, 0.15) is 0 Å². The maximum atomic E-state index is 3.28. The predicted molar refractivity (Wildman–Crippen MR) is 31.0 cm³/mol. The number of hydrogen-bond acceptors (Lipinski definition) is 1. The molecule has 1 unspecified atom stereocenters. The lowest BCUT2D eigenvalue weighted by Crippen LogP contribution is -2.07. The van der Waals surface area contributed by atoms with Crippen LogP contribution in [0.5, 0.6) is 0 Å². The molecule has 1 aliphatic heterocycles. The second-order valence-electron chi connectivity index (χ2n) is 1.63. The number of rotatable bonds is 0. The van der Waals surface area contributed by atoms with Gasteiger partial charge in [0.15, 0.2) is 5.88 Å². The average molecular weight is 104 g/mol. The number of hydrogen-bond donors (Lipinski definition) is 1. The van der Waals surface area contributed by atoms with E-state index >= 15 is 0 Å². The molecular formula is C4H10NS+. The predicted octanol–water partition coefficient (Wildman–Crippen LogP) is -0.205. The summed E-state index contributed by atoms with van der Waals surface area (Å²) >= 11 is 0. The Kier molecular flexibility index (Phi) is 1.37. The van der Waals surface area contributed by atoms with Gasteiger partial charge in [-0.05, 0) is 0 Å². The third kappa shape index (κ3) is 0.884. The molecule has 6 heavy (non-hydrogen) atoms. The van der Waals surface area contributed by atoms with Gasteiger partial charge < -0.3 is 0 Å². The first-order valence-electron chi connectivity index (χ1n) is 2.19. The summed E-state index contributed by atoms with van der Waals surface area (Å²) in [5.41, 5.74) is 0. The van der Waals surface area contributed by atoms with Crippen molar-refractivity contribution in [3.05, 3.63) is 0 Å². The lowest BCUT2D eigenvalue weighted by Gasteiger charge is -1.81. The summed E-state index contributed by atoms with van der Waals surface area (Å²) in [5, 5.41) is 3.28. The van der Waals surface area contributed by atoms with Gasteiger partial charge in [-0.15, -0.1) is 0 Å². The minimum Gasteiger partial charge on any atom is -0.270 e. The molecule has 1 rings (SSSR count). The molecule has 1 saturated heterocycles. The van der Waals surface area contributed by atoms with Crippen LogP contribution in [-0.2, 0) is 10.9 Å². The molecule has 2 heteroatoms. The second kappa shape index (κ2) is 1.85. The van der Waals surface area contributed by atoms with Crippen LogP contribution in [0.2, 0.25) is 0 Å². The zero-order valence-electron chi connectivity index (χ0n) is 4.03. The van der Waals surface area contributed by atoms with Gasteiger partial charge in [-0.1, -0.05) is 0 Å². The van der Waals surface area contributed by atoms with Gasteiger partial charge >= 0.3 is 0 Å². The highest BCUT2D eigenvalue weighted by Gasteiger charge is 2.15. The molecule has 36 valence electrons. The summed E-state index contributed by atoms with van der Waals surface area (Å²) in [4.78, 5) is 0. The Morgan fingerprint density at radius 2 is 2.50 bits per heavy atom. The summed E-state index contributed by atoms with van der Waals surface area (Å²) in [5.74, 6) is 2.67. The lowest BCUT2D eigenvalue weighted by molar-refractivity contribution is 0.885. The molecule has 0 bridgehead atoms. The highest BCUT2D eigenvalue weighted by atomic mass is 32.2. The van der Waals surface area contributed by atoms with Crippen LogP contribution in [-0.4, -0.2) is 24.4 Å². The third-order valence-corrected chi connectivity index (χ3v) is 2.57. The van der Waals surface area contributed by atoms with Crippen molar-refractivity contribution >= 4 is 10.9 Å². The van der Waals surface area contributed by atoms with E-state index in [2.05, 4.69) is 11.6 Å². The molecule has 1 fully saturated rings. The molecule has 0 aromatic heterocycles. The molecule has 0 aliphatic carbocycles. The van der Waals surface area contributed by atoms with Gasteiger partial charge in [-0.25, -0.2) is 0 Å². The molecule has 1 nitrogen and oxygen atoms in total. The quantitative estimate of drug-likeness (QED) is 0.419. The summed E-state index contributed by atoms with van der Waals surface area (Å²) in [6.07, 6.45) is 2.31. The minimum absolute atomic E-state index is 0.716. The zero-order chi connectivity index (χ0) is 4.41. The van der Waals surface area contributed by atoms with Crippen LogP contribution >= 0.6 is 0 Å². The maximum Gasteiger partial charge on any atom is 0.159 e. The normalized spacial score (nSPS) is 34.5. The lowest BCUT2D eigenvalue weighted by atomic mass is 10.8. The molecule has 0 saturated carbocycles. The van der Waals surface area contributed by atoms with Crippen LogP contribution in [0.3, 0.4) is 0 Å². The number of nitrogens with one attached hydrogen (secondary N) is 1. The molecule has 0 aromatic carbocycles. The van der Waals surface area contributed by atoms with Gasteiger partial charge in [0.25, 0.3) is 0 Å². The van der Waals surface area contributed by atoms with E-state index < -0.39 is 0 Å². The van der Waals surface area contributed by atoms with Crippen molar-refractivity contribution in [1.82, 2.24) is 5.32 Å². The maximum absolute atomic E-state index is 3.28. The second-order valence-corrected chi connectivity index (χ2v) is 3.89. The van der Waals surface area contributed by atoms with Crippen LogP contribution in [0.25, 0.3) is 0 Å². The first-order valence-corrected chi connectivity index (χ1v) is 4.16. The van der Waals surface area contributed by atoms with Gasteiger partial charge in [0.05, 0.1) is 6.26 Å². The standard InChI is InChI=1S/C4H10NS/c1-6-3-2-5-4-6/h5H,2-4H2,1H3/q+1. The van der Waals surface area contributed by atoms with Crippen molar-refractivity contribution < 1.29 is 0 Å². The van der Waals surface area contributed by atoms with Crippen LogP contribution < -0.4 is 5.32 Å². The smallest absolute Gasteiger partial charge is 0.159 e. The van der Waals surface area contributed by atoms with E-state index in [1.54, 1.807) is 0 Å². The highest BCUT2D eigenvalue weighted by molar-refractivity contribution is 7.96. The Morgan fingerprint density at radius 3 is 2.67 bits per heavy atom. The molecule has 0 amide bonds. The van der Waals surface area contributed by atoms with E-state index in [-0.39, 0.29) is 0 Å². The van der Waals surface area contributed by atoms with Crippen molar-refractivity contribution in [3.63, 3.8) is 0 Å². The van der Waals surface area contributed by atoms with Crippen LogP contribution in [0.15, 0.2) is 0 Å². The van der Waals surface area contributed by atoms with Gasteiger partial charge in [0, 0.05) is 17.4 Å². The van der Waals surface area contributed by atoms with Crippen molar-refractivity contribution in [2.75, 3.05) is 24.4 Å². The molecule has 1 aliphatic rings. The minimum atomic E-state index is 0.716. The Morgan fingerprint density at radius 1 is 1.67 bits per heavy atom. The van der Waals surface area contributed by atoms with E-state index in [0.717, 1.165) is 0 Å². The molecule has 1 atom stereocenters. The molecule has 1 heterocycles. The average Bonchev–Trinajstić information content (AvgIpc) is 1.86. The van der Waals surface area contributed by atoms with E-state index in [1.807, 2.05) is 0 Å². The van der Waals surface area contributed by atoms with Gasteiger partial charge in [-0.2, -0.15) is 0 Å². The molecule has 0 radical (unpaired) electrons. The SMILES string of the molecule is C[S+]1CCNC1. The fourth-order valence-electron chi connectivity index (χ4n) is 0.565. The fraction of sp³-hybridized carbons (Fsp3) is 1.00. The first-order chi connectivity index (χ1) is 2.89. The van der Waals surface area contributed by atoms with Gasteiger partial charge in [-0.3, -0.25) is 5.32 Å². The third-order valence-electron chi connectivity index (χ3n) is 0.976. The summed E-state index contributed by atoms with van der Waals surface area (Å²) in [7, 11) is 0.716. The van der Waals surface area contributed by atoms with E-state index in [9.17, 15) is 0 Å². The van der Waals surface area contributed by atoms with Crippen molar-refractivity contribution in [1.29, 1.82) is 0 Å². The Hall–Kier alpha value is 0.310. The van der Waals surface area contributed by atoms with Gasteiger partial charge in [0.1, 0.15) is 5.75 Å². The van der Waals surface area contributed by atoms with E-state index in [0.29, 0.717) is 10.9 Å². The van der Waals surface area contributed by atoms with Crippen molar-refractivity contribution in [2.45, 2.75) is 0 Å².